The number of nitrogens with one attached hydrogen (secondary N) is 1. The topological polar surface area (TPSA) is 124 Å². The van der Waals surface area contributed by atoms with Crippen LogP contribution >= 0.6 is 0 Å². The number of carbonyl (C=O) groups is 1. The maximum atomic E-state index is 15.2. The van der Waals surface area contributed by atoms with E-state index < -0.39 is 5.82 Å². The summed E-state index contributed by atoms with van der Waals surface area (Å²) in [4.78, 5) is 21.7. The second-order valence-electron chi connectivity index (χ2n) is 8.95. The first-order valence-corrected chi connectivity index (χ1v) is 12.0. The summed E-state index contributed by atoms with van der Waals surface area (Å²) in [6.07, 6.45) is 4.74. The molecule has 2 aromatic carbocycles. The predicted octanol–water partition coefficient (Wildman–Crippen LogP) is 3.31. The molecule has 192 valence electrons. The second kappa shape index (κ2) is 10.5. The van der Waals surface area contributed by atoms with Crippen LogP contribution in [0.1, 0.15) is 40.5 Å². The van der Waals surface area contributed by atoms with Crippen molar-refractivity contribution in [3.8, 4) is 17.0 Å². The number of imidazole rings is 1. The number of amides is 1. The minimum Gasteiger partial charge on any atom is -0.496 e. The Kier molecular flexibility index (Phi) is 7.02. The molecule has 4 aromatic rings. The Morgan fingerprint density at radius 3 is 2.86 bits per heavy atom. The molecule has 1 fully saturated rings. The number of aliphatic hydroxyl groups excluding tert-OH is 1. The molecular formula is C27H28FN5O4. The summed E-state index contributed by atoms with van der Waals surface area (Å²) >= 11 is 0. The Morgan fingerprint density at radius 2 is 2.14 bits per heavy atom. The number of fused-ring (bicyclic) bond motifs is 1. The molecule has 10 heteroatoms. The van der Waals surface area contributed by atoms with Crippen molar-refractivity contribution in [2.45, 2.75) is 31.4 Å². The van der Waals surface area contributed by atoms with E-state index in [0.29, 0.717) is 40.3 Å². The van der Waals surface area contributed by atoms with Crippen LogP contribution in [0.15, 0.2) is 54.9 Å². The van der Waals surface area contributed by atoms with Crippen molar-refractivity contribution in [1.29, 1.82) is 0 Å². The lowest BCUT2D eigenvalue weighted by Gasteiger charge is -2.27. The van der Waals surface area contributed by atoms with Gasteiger partial charge in [0.15, 0.2) is 0 Å². The molecule has 0 radical (unpaired) electrons. The molecule has 0 spiro atoms. The lowest BCUT2D eigenvalue weighted by Crippen LogP contribution is -2.28. The number of nitrogen functional groups attached to an aromatic ring is 1. The molecule has 0 saturated carbocycles. The number of hydrogen-bond donors (Lipinski definition) is 3. The van der Waals surface area contributed by atoms with E-state index in [1.54, 1.807) is 48.8 Å². The summed E-state index contributed by atoms with van der Waals surface area (Å²) in [6, 6.07) is 11.6. The Labute approximate surface area is 213 Å². The van der Waals surface area contributed by atoms with Crippen molar-refractivity contribution < 1.29 is 23.8 Å². The van der Waals surface area contributed by atoms with Crippen LogP contribution in [0.5, 0.6) is 5.75 Å². The largest absolute Gasteiger partial charge is 0.496 e. The molecule has 4 N–H and O–H groups in total. The number of halogens is 1. The number of anilines is 1. The minimum absolute atomic E-state index is 0.000149. The van der Waals surface area contributed by atoms with E-state index >= 15 is 4.39 Å². The molecular weight excluding hydrogens is 477 g/mol. The number of methoxy groups -OCH3 is 1. The second-order valence-corrected chi connectivity index (χ2v) is 8.95. The fourth-order valence-electron chi connectivity index (χ4n) is 4.67. The maximum Gasteiger partial charge on any atom is 0.255 e. The molecule has 0 aliphatic carbocycles. The predicted molar refractivity (Wildman–Crippen MR) is 136 cm³/mol. The van der Waals surface area contributed by atoms with E-state index in [0.717, 1.165) is 18.7 Å². The van der Waals surface area contributed by atoms with Crippen molar-refractivity contribution >= 4 is 17.2 Å². The minimum atomic E-state index is -0.477. The van der Waals surface area contributed by atoms with Crippen molar-refractivity contribution in [2.24, 2.45) is 0 Å². The van der Waals surface area contributed by atoms with Gasteiger partial charge in [0, 0.05) is 36.0 Å². The number of aromatic nitrogens is 3. The molecule has 1 aliphatic rings. The zero-order valence-corrected chi connectivity index (χ0v) is 20.4. The summed E-state index contributed by atoms with van der Waals surface area (Å²) in [6.45, 7) is 0.417. The van der Waals surface area contributed by atoms with E-state index in [1.807, 2.05) is 4.40 Å². The molecule has 5 rings (SSSR count). The Balaban J connectivity index is 1.41. The van der Waals surface area contributed by atoms with Crippen LogP contribution in [0.2, 0.25) is 0 Å². The number of para-hydroxylation sites is 1. The van der Waals surface area contributed by atoms with E-state index in [4.69, 9.17) is 20.2 Å². The van der Waals surface area contributed by atoms with Crippen LogP contribution < -0.4 is 15.8 Å². The number of hydrogen-bond acceptors (Lipinski definition) is 7. The summed E-state index contributed by atoms with van der Waals surface area (Å²) in [5, 5.41) is 12.1. The van der Waals surface area contributed by atoms with Crippen LogP contribution in [0, 0.1) is 5.82 Å². The zero-order chi connectivity index (χ0) is 25.9. The number of benzene rings is 2. The first-order chi connectivity index (χ1) is 18.0. The van der Waals surface area contributed by atoms with Gasteiger partial charge in [-0.2, -0.15) is 0 Å². The number of nitrogens with zero attached hydrogens (tertiary/aromatic N) is 3. The van der Waals surface area contributed by atoms with Gasteiger partial charge in [-0.3, -0.25) is 9.20 Å². The fraction of sp³-hybridized carbons (Fsp3) is 0.296. The summed E-state index contributed by atoms with van der Waals surface area (Å²) in [7, 11) is 1.49. The van der Waals surface area contributed by atoms with Crippen LogP contribution in [-0.4, -0.2) is 51.8 Å². The molecule has 9 nitrogen and oxygen atoms in total. The third-order valence-electron chi connectivity index (χ3n) is 6.67. The van der Waals surface area contributed by atoms with Gasteiger partial charge >= 0.3 is 0 Å². The average Bonchev–Trinajstić information content (AvgIpc) is 3.33. The van der Waals surface area contributed by atoms with E-state index in [9.17, 15) is 9.90 Å². The van der Waals surface area contributed by atoms with Crippen molar-refractivity contribution in [2.75, 3.05) is 26.1 Å². The number of carbonyl (C=O) groups excluding carboxylic acids is 1. The van der Waals surface area contributed by atoms with Gasteiger partial charge in [0.1, 0.15) is 34.4 Å². The molecule has 2 unspecified atom stereocenters. The lowest BCUT2D eigenvalue weighted by atomic mass is 9.98. The number of ether oxygens (including phenoxy) is 2. The summed E-state index contributed by atoms with van der Waals surface area (Å²) in [5.74, 6) is 0.649. The number of aliphatic hydroxyl groups is 1. The first kappa shape index (κ1) is 24.7. The third-order valence-corrected chi connectivity index (χ3v) is 6.67. The summed E-state index contributed by atoms with van der Waals surface area (Å²) in [5.41, 5.74) is 8.59. The highest BCUT2D eigenvalue weighted by atomic mass is 19.1. The maximum absolute atomic E-state index is 15.2. The molecule has 1 aliphatic heterocycles. The lowest BCUT2D eigenvalue weighted by molar-refractivity contribution is -0.0282. The molecule has 3 heterocycles. The van der Waals surface area contributed by atoms with Crippen molar-refractivity contribution in [3.63, 3.8) is 0 Å². The van der Waals surface area contributed by atoms with Gasteiger partial charge in [0.2, 0.25) is 0 Å². The van der Waals surface area contributed by atoms with E-state index in [2.05, 4.69) is 10.3 Å². The van der Waals surface area contributed by atoms with E-state index in [1.165, 1.54) is 13.2 Å². The van der Waals surface area contributed by atoms with Gasteiger partial charge in [0.05, 0.1) is 32.0 Å². The molecule has 37 heavy (non-hydrogen) atoms. The van der Waals surface area contributed by atoms with Crippen LogP contribution in [-0.2, 0) is 11.3 Å². The molecule has 1 amide bonds. The normalized spacial score (nSPS) is 17.6. The summed E-state index contributed by atoms with van der Waals surface area (Å²) < 4.78 is 28.0. The Bertz CT molecular complexity index is 1430. The van der Waals surface area contributed by atoms with Crippen LogP contribution in [0.4, 0.5) is 10.2 Å². The van der Waals surface area contributed by atoms with Gasteiger partial charge in [-0.25, -0.2) is 14.4 Å². The number of nitrogens with two attached hydrogens (primary N) is 1. The fourth-order valence-corrected chi connectivity index (χ4v) is 4.67. The van der Waals surface area contributed by atoms with Gasteiger partial charge < -0.3 is 25.6 Å². The van der Waals surface area contributed by atoms with Gasteiger partial charge in [0.25, 0.3) is 5.91 Å². The molecule has 0 bridgehead atoms. The molecule has 1 saturated heterocycles. The van der Waals surface area contributed by atoms with Crippen molar-refractivity contribution in [3.05, 3.63) is 77.6 Å². The molecule has 2 atom stereocenters. The molecule has 2 aromatic heterocycles. The quantitative estimate of drug-likeness (QED) is 0.352. The third kappa shape index (κ3) is 4.85. The van der Waals surface area contributed by atoms with Crippen LogP contribution in [0.3, 0.4) is 0 Å². The Hall–Kier alpha value is -4.02. The average molecular weight is 506 g/mol. The standard InChI is InChI=1S/C27H28FN5O4/c1-36-22-5-3-2-4-20(22)27(35)31-13-17-7-6-16(12-21(17)28)23-24-25(29)30-10-11-33(24)26(32-23)18-8-9-19(14-34)37-15-18/h2-7,10-12,18-19,34H,8-9,13-15H2,1H3,(H2,29,30)(H,31,35). The Morgan fingerprint density at radius 1 is 1.30 bits per heavy atom. The van der Waals surface area contributed by atoms with Gasteiger partial charge in [-0.15, -0.1) is 0 Å². The van der Waals surface area contributed by atoms with Crippen LogP contribution in [0.25, 0.3) is 16.8 Å². The highest BCUT2D eigenvalue weighted by Crippen LogP contribution is 2.34. The van der Waals surface area contributed by atoms with E-state index in [-0.39, 0.29) is 36.9 Å². The highest BCUT2D eigenvalue weighted by molar-refractivity contribution is 5.96. The monoisotopic (exact) mass is 505 g/mol. The highest BCUT2D eigenvalue weighted by Gasteiger charge is 2.28. The van der Waals surface area contributed by atoms with Gasteiger partial charge in [-0.1, -0.05) is 24.3 Å². The van der Waals surface area contributed by atoms with Gasteiger partial charge in [-0.05, 0) is 31.0 Å². The zero-order valence-electron chi connectivity index (χ0n) is 20.4. The smallest absolute Gasteiger partial charge is 0.255 e. The van der Waals surface area contributed by atoms with Crippen molar-refractivity contribution in [1.82, 2.24) is 19.7 Å². The number of rotatable bonds is 7. The first-order valence-electron chi connectivity index (χ1n) is 12.0. The SMILES string of the molecule is COc1ccccc1C(=O)NCc1ccc(-c2nc(C3CCC(CO)OC3)n3ccnc(N)c23)cc1F.